The van der Waals surface area contributed by atoms with Gasteiger partial charge in [-0.1, -0.05) is 12.1 Å². The van der Waals surface area contributed by atoms with E-state index < -0.39 is 12.1 Å². The summed E-state index contributed by atoms with van der Waals surface area (Å²) in [6.07, 6.45) is 3.86. The molecule has 14 heteroatoms. The van der Waals surface area contributed by atoms with E-state index in [2.05, 4.69) is 40.5 Å². The molecule has 0 aliphatic heterocycles. The Hall–Kier alpha value is -5.66. The van der Waals surface area contributed by atoms with Gasteiger partial charge in [0.05, 0.1) is 17.4 Å². The van der Waals surface area contributed by atoms with Gasteiger partial charge in [-0.15, -0.1) is 5.10 Å². The quantitative estimate of drug-likeness (QED) is 0.254. The number of rotatable bonds is 5. The third-order valence-electron chi connectivity index (χ3n) is 5.71. The number of benzene rings is 2. The molecular formula is C27H20F3N9O2. The van der Waals surface area contributed by atoms with Crippen LogP contribution in [0.3, 0.4) is 0 Å². The minimum absolute atomic E-state index is 0.527. The molecular weight excluding hydrogens is 539 g/mol. The lowest BCUT2D eigenvalue weighted by Gasteiger charge is -2.08. The van der Waals surface area contributed by atoms with E-state index in [9.17, 15) is 13.2 Å². The van der Waals surface area contributed by atoms with Crippen LogP contribution in [0.4, 0.5) is 24.8 Å². The van der Waals surface area contributed by atoms with Crippen LogP contribution < -0.4 is 5.32 Å². The van der Waals surface area contributed by atoms with Crippen LogP contribution in [-0.4, -0.2) is 57.2 Å². The third-order valence-corrected chi connectivity index (χ3v) is 5.71. The number of pyridine rings is 1. The van der Waals surface area contributed by atoms with Gasteiger partial charge in [0.2, 0.25) is 5.95 Å². The Morgan fingerprint density at radius 1 is 0.927 bits per heavy atom. The number of carboxylic acids is 1. The molecule has 0 aliphatic rings. The molecule has 0 aliphatic carbocycles. The van der Waals surface area contributed by atoms with Gasteiger partial charge in [-0.05, 0) is 55.0 Å². The van der Waals surface area contributed by atoms with Gasteiger partial charge >= 0.3 is 12.1 Å². The number of aromatic nitrogens is 8. The van der Waals surface area contributed by atoms with Crippen molar-refractivity contribution in [1.82, 2.24) is 39.9 Å². The zero-order valence-corrected chi connectivity index (χ0v) is 21.2. The Balaban J connectivity index is 0.000000431. The van der Waals surface area contributed by atoms with Crippen LogP contribution >= 0.6 is 0 Å². The maximum atomic E-state index is 10.6. The molecule has 0 bridgehead atoms. The van der Waals surface area contributed by atoms with Gasteiger partial charge in [-0.3, -0.25) is 10.1 Å². The van der Waals surface area contributed by atoms with Crippen LogP contribution in [0.15, 0.2) is 85.7 Å². The van der Waals surface area contributed by atoms with Gasteiger partial charge in [0.25, 0.3) is 0 Å². The second-order valence-electron chi connectivity index (χ2n) is 8.63. The number of anilines is 2. The lowest BCUT2D eigenvalue weighted by Crippen LogP contribution is -2.21. The van der Waals surface area contributed by atoms with Crippen LogP contribution in [0.1, 0.15) is 5.69 Å². The number of aliphatic carboxylic acids is 1. The number of H-pyrrole nitrogens is 1. The molecule has 0 fully saturated rings. The minimum atomic E-state index is -5.08. The van der Waals surface area contributed by atoms with Gasteiger partial charge in [-0.2, -0.15) is 18.3 Å². The SMILES string of the molecule is Cc1ccc(-c2ncn(-c3ccc(Nc4ncc5ccc(-c6cn[nH]c6)cc5n4)cc3)n2)cn1.O=C(O)C(F)(F)F. The second-order valence-corrected chi connectivity index (χ2v) is 8.63. The van der Waals surface area contributed by atoms with Crippen molar-refractivity contribution in [3.05, 3.63) is 91.4 Å². The number of hydrogen-bond donors (Lipinski definition) is 3. The average molecular weight is 560 g/mol. The average Bonchev–Trinajstić information content (AvgIpc) is 3.67. The van der Waals surface area contributed by atoms with Gasteiger partial charge < -0.3 is 10.4 Å². The largest absolute Gasteiger partial charge is 0.490 e. The smallest absolute Gasteiger partial charge is 0.475 e. The van der Waals surface area contributed by atoms with Crippen LogP contribution in [0.2, 0.25) is 0 Å². The first-order chi connectivity index (χ1) is 19.7. The lowest BCUT2D eigenvalue weighted by atomic mass is 10.1. The Labute approximate surface area is 229 Å². The van der Waals surface area contributed by atoms with Crippen molar-refractivity contribution < 1.29 is 23.1 Å². The summed E-state index contributed by atoms with van der Waals surface area (Å²) < 4.78 is 33.5. The molecule has 4 aromatic heterocycles. The first-order valence-corrected chi connectivity index (χ1v) is 11.9. The molecule has 6 rings (SSSR count). The van der Waals surface area contributed by atoms with E-state index in [1.165, 1.54) is 0 Å². The van der Waals surface area contributed by atoms with Gasteiger partial charge in [0, 0.05) is 46.5 Å². The van der Waals surface area contributed by atoms with Crippen molar-refractivity contribution in [1.29, 1.82) is 0 Å². The number of fused-ring (bicyclic) bond motifs is 1. The molecule has 0 atom stereocenters. The van der Waals surface area contributed by atoms with Gasteiger partial charge in [0.15, 0.2) is 5.82 Å². The number of aryl methyl sites for hydroxylation is 1. The number of aromatic amines is 1. The number of halogens is 3. The summed E-state index contributed by atoms with van der Waals surface area (Å²) in [4.78, 5) is 26.7. The molecule has 2 aromatic carbocycles. The fourth-order valence-electron chi connectivity index (χ4n) is 3.62. The lowest BCUT2D eigenvalue weighted by molar-refractivity contribution is -0.192. The molecule has 4 heterocycles. The number of carboxylic acid groups (broad SMARTS) is 1. The minimum Gasteiger partial charge on any atom is -0.475 e. The summed E-state index contributed by atoms with van der Waals surface area (Å²) in [5, 5.41) is 22.8. The van der Waals surface area contributed by atoms with Crippen LogP contribution in [0.25, 0.3) is 39.1 Å². The molecule has 206 valence electrons. The van der Waals surface area contributed by atoms with Crippen LogP contribution in [0.5, 0.6) is 0 Å². The Morgan fingerprint density at radius 2 is 1.68 bits per heavy atom. The first kappa shape index (κ1) is 26.9. The summed E-state index contributed by atoms with van der Waals surface area (Å²) in [7, 11) is 0. The molecule has 3 N–H and O–H groups in total. The molecule has 0 amide bonds. The van der Waals surface area contributed by atoms with Crippen molar-refractivity contribution in [3.8, 4) is 28.2 Å². The number of nitrogens with one attached hydrogen (secondary N) is 2. The summed E-state index contributed by atoms with van der Waals surface area (Å²) in [6.45, 7) is 1.95. The van der Waals surface area contributed by atoms with Crippen molar-refractivity contribution in [3.63, 3.8) is 0 Å². The summed E-state index contributed by atoms with van der Waals surface area (Å²) in [5.41, 5.74) is 6.52. The van der Waals surface area contributed by atoms with E-state index in [4.69, 9.17) is 9.90 Å². The highest BCUT2D eigenvalue weighted by atomic mass is 19.4. The third kappa shape index (κ3) is 6.50. The molecule has 0 saturated heterocycles. The highest BCUT2D eigenvalue weighted by Gasteiger charge is 2.38. The van der Waals surface area contributed by atoms with Crippen molar-refractivity contribution in [2.24, 2.45) is 0 Å². The summed E-state index contributed by atoms with van der Waals surface area (Å²) in [6, 6.07) is 17.8. The van der Waals surface area contributed by atoms with E-state index in [1.807, 2.05) is 73.9 Å². The Bertz CT molecular complexity index is 1780. The maximum absolute atomic E-state index is 10.6. The predicted molar refractivity (Wildman–Crippen MR) is 143 cm³/mol. The topological polar surface area (TPSA) is 147 Å². The fourth-order valence-corrected chi connectivity index (χ4v) is 3.62. The van der Waals surface area contributed by atoms with E-state index >= 15 is 0 Å². The highest BCUT2D eigenvalue weighted by Crippen LogP contribution is 2.24. The van der Waals surface area contributed by atoms with E-state index in [0.717, 1.165) is 44.7 Å². The maximum Gasteiger partial charge on any atom is 0.490 e. The summed E-state index contributed by atoms with van der Waals surface area (Å²) >= 11 is 0. The molecule has 41 heavy (non-hydrogen) atoms. The Morgan fingerprint density at radius 3 is 2.34 bits per heavy atom. The monoisotopic (exact) mass is 559 g/mol. The number of alkyl halides is 3. The predicted octanol–water partition coefficient (Wildman–Crippen LogP) is 5.35. The van der Waals surface area contributed by atoms with Crippen molar-refractivity contribution >= 4 is 28.5 Å². The van der Waals surface area contributed by atoms with E-state index in [-0.39, 0.29) is 0 Å². The molecule has 0 radical (unpaired) electrons. The molecule has 11 nitrogen and oxygen atoms in total. The van der Waals surface area contributed by atoms with Crippen molar-refractivity contribution in [2.75, 3.05) is 5.32 Å². The molecule has 0 spiro atoms. The Kier molecular flexibility index (Phi) is 7.37. The van der Waals surface area contributed by atoms with Crippen LogP contribution in [-0.2, 0) is 4.79 Å². The molecule has 0 unspecified atom stereocenters. The summed E-state index contributed by atoms with van der Waals surface area (Å²) in [5.74, 6) is -1.60. The fraction of sp³-hybridized carbons (Fsp3) is 0.0741. The standard InChI is InChI=1S/C25H19N9.C2HF3O2/c1-16-2-3-19(12-26-16)24-28-15-34(33-24)22-8-6-21(7-9-22)31-25-27-11-18-5-4-17(10-23(18)32-25)20-13-29-30-14-20;3-2(4,5)1(6)7/h2-15H,1H3,(H,29,30)(H,27,31,32);(H,6,7). The number of hydrogen-bond acceptors (Lipinski definition) is 8. The highest BCUT2D eigenvalue weighted by molar-refractivity contribution is 5.84. The molecule has 6 aromatic rings. The van der Waals surface area contributed by atoms with Gasteiger partial charge in [0.1, 0.15) is 6.33 Å². The zero-order valence-electron chi connectivity index (χ0n) is 21.2. The number of carbonyl (C=O) groups is 1. The first-order valence-electron chi connectivity index (χ1n) is 11.9. The van der Waals surface area contributed by atoms with Gasteiger partial charge in [-0.25, -0.2) is 24.4 Å². The molecule has 0 saturated carbocycles. The normalized spacial score (nSPS) is 11.1. The number of nitrogens with zero attached hydrogens (tertiary/aromatic N) is 7. The van der Waals surface area contributed by atoms with E-state index in [0.29, 0.717) is 11.8 Å². The van der Waals surface area contributed by atoms with Crippen LogP contribution in [0, 0.1) is 6.92 Å². The van der Waals surface area contributed by atoms with Crippen molar-refractivity contribution in [2.45, 2.75) is 13.1 Å². The zero-order chi connectivity index (χ0) is 29.0. The second kappa shape index (κ2) is 11.2. The van der Waals surface area contributed by atoms with E-state index in [1.54, 1.807) is 23.4 Å².